The van der Waals surface area contributed by atoms with Crippen LogP contribution in [-0.4, -0.2) is 29.5 Å². The summed E-state index contributed by atoms with van der Waals surface area (Å²) in [6, 6.07) is 28.0. The Kier molecular flexibility index (Phi) is 6.09. The summed E-state index contributed by atoms with van der Waals surface area (Å²) in [4.78, 5) is 29.6. The number of para-hydroxylation sites is 2. The number of hydrogen-bond donors (Lipinski definition) is 0. The lowest BCUT2D eigenvalue weighted by atomic mass is 10.1. The molecule has 1 fully saturated rings. The molecule has 0 bridgehead atoms. The van der Waals surface area contributed by atoms with Gasteiger partial charge in [-0.3, -0.25) is 14.6 Å². The predicted molar refractivity (Wildman–Crippen MR) is 116 cm³/mol. The number of likely N-dealkylation sites (tertiary alicyclic amines) is 1. The number of carbonyl (C=O) groups is 2. The van der Waals surface area contributed by atoms with Crippen LogP contribution in [0.15, 0.2) is 91.0 Å². The number of rotatable bonds is 5. The van der Waals surface area contributed by atoms with Gasteiger partial charge in [0.2, 0.25) is 0 Å². The van der Waals surface area contributed by atoms with Gasteiger partial charge in [0.15, 0.2) is 0 Å². The predicted octanol–water partition coefficient (Wildman–Crippen LogP) is 5.15. The Hall–Kier alpha value is -3.60. The van der Waals surface area contributed by atoms with Gasteiger partial charge in [0.05, 0.1) is 0 Å². The molecule has 4 rings (SSSR count). The Morgan fingerprint density at radius 3 is 1.93 bits per heavy atom. The third-order valence-electron chi connectivity index (χ3n) is 5.23. The highest BCUT2D eigenvalue weighted by Crippen LogP contribution is 2.30. The Morgan fingerprint density at radius 2 is 1.37 bits per heavy atom. The minimum atomic E-state index is -0.548. The number of ether oxygens (including phenoxy) is 1. The second-order valence-electron chi connectivity index (χ2n) is 7.24. The fourth-order valence-corrected chi connectivity index (χ4v) is 3.75. The molecule has 3 aromatic rings. The molecule has 0 aromatic heterocycles. The van der Waals surface area contributed by atoms with Crippen LogP contribution in [-0.2, 0) is 16.1 Å². The maximum Gasteiger partial charge on any atom is 0.410 e. The maximum absolute atomic E-state index is 13.6. The number of amides is 2. The molecule has 5 nitrogen and oxygen atoms in total. The fourth-order valence-electron chi connectivity index (χ4n) is 3.75. The molecule has 0 aliphatic carbocycles. The van der Waals surface area contributed by atoms with E-state index in [1.54, 1.807) is 9.80 Å². The second-order valence-corrected chi connectivity index (χ2v) is 7.24. The lowest BCUT2D eigenvalue weighted by Crippen LogP contribution is -2.46. The molecule has 2 amide bonds. The normalized spacial score (nSPS) is 15.6. The van der Waals surface area contributed by atoms with E-state index < -0.39 is 12.1 Å². The van der Waals surface area contributed by atoms with Gasteiger partial charge in [0, 0.05) is 17.9 Å². The Bertz CT molecular complexity index is 938. The van der Waals surface area contributed by atoms with Gasteiger partial charge in [-0.15, -0.1) is 0 Å². The number of anilines is 2. The fraction of sp³-hybridized carbons (Fsp3) is 0.200. The van der Waals surface area contributed by atoms with Gasteiger partial charge in [-0.1, -0.05) is 66.7 Å². The van der Waals surface area contributed by atoms with Crippen molar-refractivity contribution in [3.05, 3.63) is 96.6 Å². The van der Waals surface area contributed by atoms with Crippen LogP contribution < -0.4 is 4.90 Å². The van der Waals surface area contributed by atoms with Crippen LogP contribution in [0, 0.1) is 0 Å². The molecule has 1 atom stereocenters. The van der Waals surface area contributed by atoms with Crippen LogP contribution in [0.4, 0.5) is 16.2 Å². The van der Waals surface area contributed by atoms with Crippen molar-refractivity contribution < 1.29 is 14.3 Å². The molecule has 3 aromatic carbocycles. The van der Waals surface area contributed by atoms with Gasteiger partial charge in [-0.2, -0.15) is 0 Å². The zero-order chi connectivity index (χ0) is 20.8. The molecule has 0 N–H and O–H groups in total. The SMILES string of the molecule is O=C([C@@H]1CCCN1C(=O)OCc1ccccc1)N(c1ccccc1)c1ccccc1. The van der Waals surface area contributed by atoms with E-state index in [4.69, 9.17) is 4.74 Å². The minimum absolute atomic E-state index is 0.124. The molecule has 152 valence electrons. The molecule has 0 saturated carbocycles. The first-order valence-electron chi connectivity index (χ1n) is 10.2. The average molecular weight is 400 g/mol. The van der Waals surface area contributed by atoms with Crippen molar-refractivity contribution in [1.29, 1.82) is 0 Å². The lowest BCUT2D eigenvalue weighted by Gasteiger charge is -2.30. The molecule has 30 heavy (non-hydrogen) atoms. The van der Waals surface area contributed by atoms with E-state index in [-0.39, 0.29) is 12.5 Å². The van der Waals surface area contributed by atoms with E-state index in [1.165, 1.54) is 0 Å². The van der Waals surface area contributed by atoms with E-state index in [2.05, 4.69) is 0 Å². The molecule has 5 heteroatoms. The van der Waals surface area contributed by atoms with Crippen molar-refractivity contribution in [3.63, 3.8) is 0 Å². The highest BCUT2D eigenvalue weighted by molar-refractivity contribution is 6.04. The Morgan fingerprint density at radius 1 is 0.833 bits per heavy atom. The van der Waals surface area contributed by atoms with Crippen LogP contribution in [0.2, 0.25) is 0 Å². The largest absolute Gasteiger partial charge is 0.445 e. The highest BCUT2D eigenvalue weighted by atomic mass is 16.6. The number of benzene rings is 3. The summed E-state index contributed by atoms with van der Waals surface area (Å²) in [5.41, 5.74) is 2.47. The molecule has 1 aliphatic rings. The summed E-state index contributed by atoms with van der Waals surface area (Å²) in [6.07, 6.45) is 0.944. The zero-order valence-corrected chi connectivity index (χ0v) is 16.7. The molecular weight excluding hydrogens is 376 g/mol. The van der Waals surface area contributed by atoms with Gasteiger partial charge in [0.25, 0.3) is 5.91 Å². The van der Waals surface area contributed by atoms with E-state index in [1.807, 2.05) is 91.0 Å². The number of carbonyl (C=O) groups excluding carboxylic acids is 2. The van der Waals surface area contributed by atoms with Crippen molar-refractivity contribution in [2.45, 2.75) is 25.5 Å². The van der Waals surface area contributed by atoms with Crippen molar-refractivity contribution in [2.75, 3.05) is 11.4 Å². The zero-order valence-electron chi connectivity index (χ0n) is 16.7. The van der Waals surface area contributed by atoms with Gasteiger partial charge >= 0.3 is 6.09 Å². The topological polar surface area (TPSA) is 49.9 Å². The van der Waals surface area contributed by atoms with Crippen LogP contribution in [0.3, 0.4) is 0 Å². The quantitative estimate of drug-likeness (QED) is 0.595. The van der Waals surface area contributed by atoms with Gasteiger partial charge in [-0.25, -0.2) is 4.79 Å². The molecule has 0 spiro atoms. The van der Waals surface area contributed by atoms with Crippen LogP contribution in [0.25, 0.3) is 0 Å². The smallest absolute Gasteiger partial charge is 0.410 e. The highest BCUT2D eigenvalue weighted by Gasteiger charge is 2.38. The summed E-state index contributed by atoms with van der Waals surface area (Å²) < 4.78 is 5.50. The third kappa shape index (κ3) is 4.35. The molecule has 0 unspecified atom stereocenters. The molecule has 1 saturated heterocycles. The van der Waals surface area contributed by atoms with E-state index >= 15 is 0 Å². The third-order valence-corrected chi connectivity index (χ3v) is 5.23. The monoisotopic (exact) mass is 400 g/mol. The molecule has 1 aliphatic heterocycles. The first-order chi connectivity index (χ1) is 14.7. The van der Waals surface area contributed by atoms with Crippen LogP contribution in [0.1, 0.15) is 18.4 Å². The minimum Gasteiger partial charge on any atom is -0.445 e. The summed E-state index contributed by atoms with van der Waals surface area (Å²) in [7, 11) is 0. The number of hydrogen-bond acceptors (Lipinski definition) is 3. The van der Waals surface area contributed by atoms with Gasteiger partial charge < -0.3 is 4.74 Å². The molecule has 0 radical (unpaired) electrons. The second kappa shape index (κ2) is 9.27. The Balaban J connectivity index is 1.54. The van der Waals surface area contributed by atoms with E-state index in [9.17, 15) is 9.59 Å². The summed E-state index contributed by atoms with van der Waals surface area (Å²) in [5, 5.41) is 0. The summed E-state index contributed by atoms with van der Waals surface area (Å²) in [5.74, 6) is -0.124. The van der Waals surface area contributed by atoms with Crippen molar-refractivity contribution >= 4 is 23.4 Å². The van der Waals surface area contributed by atoms with Crippen molar-refractivity contribution in [2.24, 2.45) is 0 Å². The first-order valence-corrected chi connectivity index (χ1v) is 10.2. The van der Waals surface area contributed by atoms with E-state index in [0.29, 0.717) is 13.0 Å². The van der Waals surface area contributed by atoms with Crippen LogP contribution >= 0.6 is 0 Å². The first kappa shape index (κ1) is 19.7. The average Bonchev–Trinajstić information content (AvgIpc) is 3.30. The lowest BCUT2D eigenvalue weighted by molar-refractivity contribution is -0.121. The standard InChI is InChI=1S/C25H24N2O3/c28-24(27(21-13-6-2-7-14-21)22-15-8-3-9-16-22)23-17-10-18-26(23)25(29)30-19-20-11-4-1-5-12-20/h1-9,11-16,23H,10,17-19H2/t23-/m0/s1. The van der Waals surface area contributed by atoms with Crippen molar-refractivity contribution in [1.82, 2.24) is 4.90 Å². The summed E-state index contributed by atoms with van der Waals surface area (Å²) >= 11 is 0. The number of nitrogens with zero attached hydrogens (tertiary/aromatic N) is 2. The maximum atomic E-state index is 13.6. The van der Waals surface area contributed by atoms with Crippen LogP contribution in [0.5, 0.6) is 0 Å². The Labute approximate surface area is 176 Å². The summed E-state index contributed by atoms with van der Waals surface area (Å²) in [6.45, 7) is 0.708. The van der Waals surface area contributed by atoms with Crippen molar-refractivity contribution in [3.8, 4) is 0 Å². The van der Waals surface area contributed by atoms with Gasteiger partial charge in [0.1, 0.15) is 12.6 Å². The molecule has 1 heterocycles. The van der Waals surface area contributed by atoms with Gasteiger partial charge in [-0.05, 0) is 42.7 Å². The van der Waals surface area contributed by atoms with E-state index in [0.717, 1.165) is 23.4 Å². The molecular formula is C25H24N2O3.